The summed E-state index contributed by atoms with van der Waals surface area (Å²) in [5.41, 5.74) is 1.72. The SMILES string of the molecule is Cc1cccc(Oc2nc(F)c(F)cc2F)c1C. The molecule has 0 amide bonds. The summed E-state index contributed by atoms with van der Waals surface area (Å²) in [4.78, 5) is 3.10. The van der Waals surface area contributed by atoms with Gasteiger partial charge in [0.15, 0.2) is 11.6 Å². The number of pyridine rings is 1. The Labute approximate surface area is 102 Å². The van der Waals surface area contributed by atoms with Crippen molar-refractivity contribution >= 4 is 0 Å². The first-order valence-electron chi connectivity index (χ1n) is 5.24. The van der Waals surface area contributed by atoms with Crippen molar-refractivity contribution in [1.29, 1.82) is 0 Å². The third-order valence-corrected chi connectivity index (χ3v) is 2.62. The molecule has 0 N–H and O–H groups in total. The minimum atomic E-state index is -1.39. The van der Waals surface area contributed by atoms with Crippen molar-refractivity contribution in [3.05, 3.63) is 53.0 Å². The van der Waals surface area contributed by atoms with Gasteiger partial charge < -0.3 is 4.74 Å². The van der Waals surface area contributed by atoms with Crippen molar-refractivity contribution in [2.24, 2.45) is 0 Å². The molecule has 18 heavy (non-hydrogen) atoms. The monoisotopic (exact) mass is 253 g/mol. The fourth-order valence-corrected chi connectivity index (χ4v) is 1.44. The van der Waals surface area contributed by atoms with Crippen molar-refractivity contribution < 1.29 is 17.9 Å². The molecule has 0 saturated heterocycles. The number of aryl methyl sites for hydroxylation is 1. The van der Waals surface area contributed by atoms with Crippen LogP contribution in [0.5, 0.6) is 11.6 Å². The van der Waals surface area contributed by atoms with Crippen LogP contribution in [0.25, 0.3) is 0 Å². The Hall–Kier alpha value is -2.04. The zero-order valence-corrected chi connectivity index (χ0v) is 9.80. The first-order chi connectivity index (χ1) is 8.49. The van der Waals surface area contributed by atoms with Gasteiger partial charge in [0.05, 0.1) is 0 Å². The molecule has 0 aliphatic rings. The number of halogens is 3. The normalized spacial score (nSPS) is 10.5. The lowest BCUT2D eigenvalue weighted by molar-refractivity contribution is 0.385. The average Bonchev–Trinajstić information content (AvgIpc) is 2.32. The van der Waals surface area contributed by atoms with E-state index in [1.54, 1.807) is 19.1 Å². The molecule has 0 radical (unpaired) electrons. The first-order valence-corrected chi connectivity index (χ1v) is 5.24. The highest BCUT2D eigenvalue weighted by atomic mass is 19.2. The number of aromatic nitrogens is 1. The topological polar surface area (TPSA) is 22.1 Å². The maximum absolute atomic E-state index is 13.4. The van der Waals surface area contributed by atoms with E-state index in [1.807, 2.05) is 13.0 Å². The van der Waals surface area contributed by atoms with Gasteiger partial charge in [0.25, 0.3) is 11.8 Å². The summed E-state index contributed by atoms with van der Waals surface area (Å²) in [7, 11) is 0. The van der Waals surface area contributed by atoms with Crippen LogP contribution in [0.4, 0.5) is 13.2 Å². The van der Waals surface area contributed by atoms with Crippen LogP contribution in [-0.2, 0) is 0 Å². The van der Waals surface area contributed by atoms with Gasteiger partial charge in [-0.1, -0.05) is 12.1 Å². The third-order valence-electron chi connectivity index (χ3n) is 2.62. The van der Waals surface area contributed by atoms with Crippen LogP contribution in [-0.4, -0.2) is 4.98 Å². The second-order valence-electron chi connectivity index (χ2n) is 3.85. The van der Waals surface area contributed by atoms with E-state index in [1.165, 1.54) is 0 Å². The summed E-state index contributed by atoms with van der Waals surface area (Å²) in [5, 5.41) is 0. The van der Waals surface area contributed by atoms with E-state index in [4.69, 9.17) is 4.74 Å². The molecule has 0 saturated carbocycles. The average molecular weight is 253 g/mol. The molecule has 0 fully saturated rings. The molecule has 94 valence electrons. The Kier molecular flexibility index (Phi) is 3.23. The second-order valence-corrected chi connectivity index (χ2v) is 3.85. The lowest BCUT2D eigenvalue weighted by Crippen LogP contribution is -1.99. The van der Waals surface area contributed by atoms with E-state index >= 15 is 0 Å². The summed E-state index contributed by atoms with van der Waals surface area (Å²) in [6.45, 7) is 3.64. The molecular weight excluding hydrogens is 243 g/mol. The Morgan fingerprint density at radius 1 is 1.06 bits per heavy atom. The smallest absolute Gasteiger partial charge is 0.258 e. The van der Waals surface area contributed by atoms with Crippen molar-refractivity contribution in [3.63, 3.8) is 0 Å². The van der Waals surface area contributed by atoms with Crippen molar-refractivity contribution in [2.45, 2.75) is 13.8 Å². The Morgan fingerprint density at radius 2 is 1.78 bits per heavy atom. The molecule has 1 aromatic heterocycles. The van der Waals surface area contributed by atoms with Crippen LogP contribution in [0.15, 0.2) is 24.3 Å². The van der Waals surface area contributed by atoms with E-state index < -0.39 is 23.5 Å². The minimum Gasteiger partial charge on any atom is -0.436 e. The van der Waals surface area contributed by atoms with Crippen LogP contribution < -0.4 is 4.74 Å². The van der Waals surface area contributed by atoms with Crippen molar-refractivity contribution in [2.75, 3.05) is 0 Å². The number of hydrogen-bond donors (Lipinski definition) is 0. The van der Waals surface area contributed by atoms with Crippen LogP contribution in [0, 0.1) is 31.4 Å². The van der Waals surface area contributed by atoms with Gasteiger partial charge in [-0.15, -0.1) is 0 Å². The molecule has 0 atom stereocenters. The van der Waals surface area contributed by atoms with Gasteiger partial charge in [0.2, 0.25) is 0 Å². The fourth-order valence-electron chi connectivity index (χ4n) is 1.44. The van der Waals surface area contributed by atoms with Gasteiger partial charge in [-0.2, -0.15) is 9.37 Å². The van der Waals surface area contributed by atoms with Crippen molar-refractivity contribution in [1.82, 2.24) is 4.98 Å². The van der Waals surface area contributed by atoms with E-state index in [2.05, 4.69) is 4.98 Å². The van der Waals surface area contributed by atoms with Crippen LogP contribution >= 0.6 is 0 Å². The van der Waals surface area contributed by atoms with Gasteiger partial charge in [-0.3, -0.25) is 0 Å². The summed E-state index contributed by atoms with van der Waals surface area (Å²) in [6.07, 6.45) is 0. The second kappa shape index (κ2) is 4.68. The largest absolute Gasteiger partial charge is 0.436 e. The molecule has 2 nitrogen and oxygen atoms in total. The van der Waals surface area contributed by atoms with Gasteiger partial charge in [0, 0.05) is 6.07 Å². The lowest BCUT2D eigenvalue weighted by Gasteiger charge is -2.10. The molecule has 2 aromatic rings. The first kappa shape index (κ1) is 12.4. The maximum atomic E-state index is 13.4. The predicted molar refractivity (Wildman–Crippen MR) is 60.1 cm³/mol. The predicted octanol–water partition coefficient (Wildman–Crippen LogP) is 3.91. The molecule has 0 aliphatic carbocycles. The van der Waals surface area contributed by atoms with Gasteiger partial charge in [-0.05, 0) is 31.0 Å². The van der Waals surface area contributed by atoms with Crippen LogP contribution in [0.3, 0.4) is 0 Å². The molecule has 0 aliphatic heterocycles. The minimum absolute atomic E-state index is 0.354. The van der Waals surface area contributed by atoms with Gasteiger partial charge in [-0.25, -0.2) is 8.78 Å². The highest BCUT2D eigenvalue weighted by Gasteiger charge is 2.14. The number of nitrogens with zero attached hydrogens (tertiary/aromatic N) is 1. The quantitative estimate of drug-likeness (QED) is 0.757. The molecule has 5 heteroatoms. The molecule has 0 spiro atoms. The number of ether oxygens (including phenoxy) is 1. The summed E-state index contributed by atoms with van der Waals surface area (Å²) in [5.74, 6) is -4.01. The number of rotatable bonds is 2. The summed E-state index contributed by atoms with van der Waals surface area (Å²) < 4.78 is 44.1. The fraction of sp³-hybridized carbons (Fsp3) is 0.154. The summed E-state index contributed by atoms with van der Waals surface area (Å²) >= 11 is 0. The highest BCUT2D eigenvalue weighted by Crippen LogP contribution is 2.27. The van der Waals surface area contributed by atoms with Crippen molar-refractivity contribution in [3.8, 4) is 11.6 Å². The molecular formula is C13H10F3NO. The third kappa shape index (κ3) is 2.30. The van der Waals surface area contributed by atoms with E-state index in [0.29, 0.717) is 11.8 Å². The summed E-state index contributed by atoms with van der Waals surface area (Å²) in [6, 6.07) is 5.58. The Morgan fingerprint density at radius 3 is 2.50 bits per heavy atom. The van der Waals surface area contributed by atoms with E-state index in [0.717, 1.165) is 11.1 Å². The molecule has 2 rings (SSSR count). The van der Waals surface area contributed by atoms with Gasteiger partial charge in [0.1, 0.15) is 5.75 Å². The number of hydrogen-bond acceptors (Lipinski definition) is 2. The van der Waals surface area contributed by atoms with Gasteiger partial charge >= 0.3 is 0 Å². The van der Waals surface area contributed by atoms with E-state index in [9.17, 15) is 13.2 Å². The number of benzene rings is 1. The van der Waals surface area contributed by atoms with Crippen LogP contribution in [0.1, 0.15) is 11.1 Å². The zero-order valence-electron chi connectivity index (χ0n) is 9.80. The molecule has 0 bridgehead atoms. The Balaban J connectivity index is 2.40. The lowest BCUT2D eigenvalue weighted by atomic mass is 10.1. The van der Waals surface area contributed by atoms with E-state index in [-0.39, 0.29) is 0 Å². The molecule has 1 heterocycles. The Bertz CT molecular complexity index is 599. The zero-order chi connectivity index (χ0) is 13.3. The van der Waals surface area contributed by atoms with Crippen LogP contribution in [0.2, 0.25) is 0 Å². The molecule has 1 aromatic carbocycles. The maximum Gasteiger partial charge on any atom is 0.258 e. The highest BCUT2D eigenvalue weighted by molar-refractivity contribution is 5.40. The standard InChI is InChI=1S/C13H10F3NO/c1-7-4-3-5-11(8(7)2)18-13-10(15)6-9(14)12(16)17-13/h3-6H,1-2H3. The molecule has 0 unspecified atom stereocenters.